The minimum absolute atomic E-state index is 0. The number of hydrogen-bond acceptors (Lipinski definition) is 3. The maximum absolute atomic E-state index is 11.1. The number of primary amides is 1. The van der Waals surface area contributed by atoms with E-state index in [4.69, 9.17) is 5.73 Å². The highest BCUT2D eigenvalue weighted by molar-refractivity contribution is 5.92. The first-order valence-electron chi connectivity index (χ1n) is 6.00. The molecule has 2 rings (SSSR count). The van der Waals surface area contributed by atoms with Crippen molar-refractivity contribution in [2.24, 2.45) is 5.73 Å². The summed E-state index contributed by atoms with van der Waals surface area (Å²) in [5, 5.41) is 3.36. The summed E-state index contributed by atoms with van der Waals surface area (Å²) < 4.78 is 0. The van der Waals surface area contributed by atoms with Gasteiger partial charge in [0, 0.05) is 37.8 Å². The summed E-state index contributed by atoms with van der Waals surface area (Å²) in [5.74, 6) is -0.361. The van der Waals surface area contributed by atoms with Crippen LogP contribution in [0.25, 0.3) is 0 Å². The first-order valence-corrected chi connectivity index (χ1v) is 6.00. The largest absolute Gasteiger partial charge is 0.366 e. The fourth-order valence-electron chi connectivity index (χ4n) is 2.18. The van der Waals surface area contributed by atoms with Crippen molar-refractivity contribution in [3.63, 3.8) is 0 Å². The molecule has 1 aliphatic rings. The highest BCUT2D eigenvalue weighted by Gasteiger charge is 2.17. The lowest BCUT2D eigenvalue weighted by atomic mass is 10.1. The fourth-order valence-corrected chi connectivity index (χ4v) is 2.18. The van der Waals surface area contributed by atoms with Crippen LogP contribution < -0.4 is 11.1 Å². The Labute approximate surface area is 114 Å². The lowest BCUT2D eigenvalue weighted by Crippen LogP contribution is -2.49. The number of piperazine rings is 1. The molecule has 18 heavy (non-hydrogen) atoms. The van der Waals surface area contributed by atoms with Gasteiger partial charge in [-0.25, -0.2) is 0 Å². The number of halogens is 1. The van der Waals surface area contributed by atoms with Crippen LogP contribution in [0.1, 0.15) is 22.8 Å². The molecule has 0 radical (unpaired) electrons. The summed E-state index contributed by atoms with van der Waals surface area (Å²) >= 11 is 0. The molecule has 1 fully saturated rings. The van der Waals surface area contributed by atoms with Gasteiger partial charge in [-0.3, -0.25) is 9.69 Å². The average molecular weight is 270 g/mol. The summed E-state index contributed by atoms with van der Waals surface area (Å²) in [5.41, 5.74) is 7.02. The Bertz CT molecular complexity index is 411. The number of carbonyl (C=O) groups excluding carboxylic acids is 1. The molecule has 4 nitrogen and oxygen atoms in total. The van der Waals surface area contributed by atoms with Crippen molar-refractivity contribution in [2.45, 2.75) is 19.5 Å². The SMILES string of the molecule is CC1CNCCN1Cc1cccc(C(N)=O)c1.Cl. The highest BCUT2D eigenvalue weighted by Crippen LogP contribution is 2.11. The number of carbonyl (C=O) groups is 1. The normalized spacial score (nSPS) is 20.2. The van der Waals surface area contributed by atoms with E-state index in [1.54, 1.807) is 6.07 Å². The predicted molar refractivity (Wildman–Crippen MR) is 74.9 cm³/mol. The van der Waals surface area contributed by atoms with E-state index in [-0.39, 0.29) is 18.3 Å². The van der Waals surface area contributed by atoms with Crippen molar-refractivity contribution < 1.29 is 4.79 Å². The number of benzene rings is 1. The molecule has 0 saturated carbocycles. The van der Waals surface area contributed by atoms with Gasteiger partial charge in [0.15, 0.2) is 0 Å². The fraction of sp³-hybridized carbons (Fsp3) is 0.462. The molecule has 0 bridgehead atoms. The average Bonchev–Trinajstić information content (AvgIpc) is 2.32. The number of nitrogens with two attached hydrogens (primary N) is 1. The number of nitrogens with one attached hydrogen (secondary N) is 1. The zero-order chi connectivity index (χ0) is 12.3. The van der Waals surface area contributed by atoms with Gasteiger partial charge in [0.25, 0.3) is 0 Å². The molecule has 3 N–H and O–H groups in total. The first-order chi connectivity index (χ1) is 8.16. The molecule has 1 heterocycles. The van der Waals surface area contributed by atoms with Crippen LogP contribution in [0.15, 0.2) is 24.3 Å². The molecule has 5 heteroatoms. The minimum Gasteiger partial charge on any atom is -0.366 e. The summed E-state index contributed by atoms with van der Waals surface area (Å²) in [7, 11) is 0. The van der Waals surface area contributed by atoms with Gasteiger partial charge in [-0.1, -0.05) is 12.1 Å². The predicted octanol–water partition coefficient (Wildman–Crippen LogP) is 1.00. The summed E-state index contributed by atoms with van der Waals surface area (Å²) in [4.78, 5) is 13.5. The monoisotopic (exact) mass is 269 g/mol. The molecule has 1 atom stereocenters. The lowest BCUT2D eigenvalue weighted by molar-refractivity contribution is 0.1000. The molecule has 1 aromatic rings. The van der Waals surface area contributed by atoms with E-state index < -0.39 is 0 Å². The topological polar surface area (TPSA) is 58.4 Å². The van der Waals surface area contributed by atoms with Gasteiger partial charge >= 0.3 is 0 Å². The molecule has 1 amide bonds. The quantitative estimate of drug-likeness (QED) is 0.861. The second kappa shape index (κ2) is 6.73. The van der Waals surface area contributed by atoms with Crippen LogP contribution in [0.5, 0.6) is 0 Å². The number of nitrogens with zero attached hydrogens (tertiary/aromatic N) is 1. The molecular formula is C13H20ClN3O. The highest BCUT2D eigenvalue weighted by atomic mass is 35.5. The van der Waals surface area contributed by atoms with E-state index in [1.807, 2.05) is 18.2 Å². The second-order valence-electron chi connectivity index (χ2n) is 4.59. The summed E-state index contributed by atoms with van der Waals surface area (Å²) in [6.45, 7) is 6.19. The zero-order valence-corrected chi connectivity index (χ0v) is 11.4. The first kappa shape index (κ1) is 15.0. The molecule has 0 aromatic heterocycles. The molecule has 100 valence electrons. The summed E-state index contributed by atoms with van der Waals surface area (Å²) in [6, 6.07) is 8.11. The van der Waals surface area contributed by atoms with Crippen molar-refractivity contribution in [2.75, 3.05) is 19.6 Å². The number of rotatable bonds is 3. The second-order valence-corrected chi connectivity index (χ2v) is 4.59. The van der Waals surface area contributed by atoms with Crippen molar-refractivity contribution in [3.05, 3.63) is 35.4 Å². The van der Waals surface area contributed by atoms with Crippen LogP contribution in [-0.4, -0.2) is 36.5 Å². The van der Waals surface area contributed by atoms with Gasteiger partial charge in [-0.05, 0) is 24.6 Å². The third kappa shape index (κ3) is 3.70. The van der Waals surface area contributed by atoms with E-state index >= 15 is 0 Å². The summed E-state index contributed by atoms with van der Waals surface area (Å²) in [6.07, 6.45) is 0. The van der Waals surface area contributed by atoms with E-state index in [2.05, 4.69) is 17.1 Å². The number of amides is 1. The molecule has 0 spiro atoms. The Kier molecular flexibility index (Phi) is 5.59. The van der Waals surface area contributed by atoms with Crippen LogP contribution in [0.3, 0.4) is 0 Å². The van der Waals surface area contributed by atoms with Crippen LogP contribution in [0.2, 0.25) is 0 Å². The standard InChI is InChI=1S/C13H19N3O.ClH/c1-10-8-15-5-6-16(10)9-11-3-2-4-12(7-11)13(14)17;/h2-4,7,10,15H,5-6,8-9H2,1H3,(H2,14,17);1H. The number of hydrogen-bond donors (Lipinski definition) is 2. The van der Waals surface area contributed by atoms with Crippen LogP contribution in [0.4, 0.5) is 0 Å². The molecule has 1 unspecified atom stereocenters. The molecule has 1 aliphatic heterocycles. The Morgan fingerprint density at radius 2 is 2.33 bits per heavy atom. The van der Waals surface area contributed by atoms with Gasteiger partial charge in [0.2, 0.25) is 5.91 Å². The zero-order valence-electron chi connectivity index (χ0n) is 10.6. The Morgan fingerprint density at radius 3 is 3.00 bits per heavy atom. The van der Waals surface area contributed by atoms with E-state index in [1.165, 1.54) is 0 Å². The smallest absolute Gasteiger partial charge is 0.248 e. The van der Waals surface area contributed by atoms with Crippen LogP contribution >= 0.6 is 12.4 Å². The van der Waals surface area contributed by atoms with Gasteiger partial charge in [0.1, 0.15) is 0 Å². The third-order valence-corrected chi connectivity index (χ3v) is 3.24. The van der Waals surface area contributed by atoms with E-state index in [0.717, 1.165) is 31.7 Å². The maximum Gasteiger partial charge on any atom is 0.248 e. The van der Waals surface area contributed by atoms with Gasteiger partial charge in [-0.2, -0.15) is 0 Å². The van der Waals surface area contributed by atoms with Gasteiger partial charge in [-0.15, -0.1) is 12.4 Å². The Hall–Kier alpha value is -1.10. The maximum atomic E-state index is 11.1. The van der Waals surface area contributed by atoms with E-state index in [9.17, 15) is 4.79 Å². The van der Waals surface area contributed by atoms with Crippen molar-refractivity contribution in [3.8, 4) is 0 Å². The third-order valence-electron chi connectivity index (χ3n) is 3.24. The van der Waals surface area contributed by atoms with Crippen LogP contribution in [0, 0.1) is 0 Å². The molecule has 1 aromatic carbocycles. The van der Waals surface area contributed by atoms with Crippen molar-refractivity contribution in [1.29, 1.82) is 0 Å². The Morgan fingerprint density at radius 1 is 1.56 bits per heavy atom. The van der Waals surface area contributed by atoms with E-state index in [0.29, 0.717) is 11.6 Å². The lowest BCUT2D eigenvalue weighted by Gasteiger charge is -2.33. The van der Waals surface area contributed by atoms with Gasteiger partial charge in [0.05, 0.1) is 0 Å². The molecular weight excluding hydrogens is 250 g/mol. The molecule has 0 aliphatic carbocycles. The Balaban J connectivity index is 0.00000162. The molecule has 1 saturated heterocycles. The van der Waals surface area contributed by atoms with Crippen molar-refractivity contribution >= 4 is 18.3 Å². The van der Waals surface area contributed by atoms with Gasteiger partial charge < -0.3 is 11.1 Å². The minimum atomic E-state index is -0.361. The van der Waals surface area contributed by atoms with Crippen LogP contribution in [-0.2, 0) is 6.54 Å². The van der Waals surface area contributed by atoms with Crippen molar-refractivity contribution in [1.82, 2.24) is 10.2 Å².